The maximum Gasteiger partial charge on any atom is 0.305 e. The summed E-state index contributed by atoms with van der Waals surface area (Å²) in [6.07, 6.45) is 1.35. The second kappa shape index (κ2) is 7.92. The van der Waals surface area contributed by atoms with Gasteiger partial charge in [0.2, 0.25) is 5.82 Å². The van der Waals surface area contributed by atoms with E-state index in [9.17, 15) is 9.59 Å². The number of para-hydroxylation sites is 1. The highest BCUT2D eigenvalue weighted by Crippen LogP contribution is 2.21. The van der Waals surface area contributed by atoms with Crippen molar-refractivity contribution in [1.29, 1.82) is 0 Å². The molecule has 128 valence electrons. The zero-order chi connectivity index (χ0) is 17.7. The van der Waals surface area contributed by atoms with Crippen LogP contribution in [-0.2, 0) is 11.2 Å². The normalized spacial score (nSPS) is 10.6. The van der Waals surface area contributed by atoms with Gasteiger partial charge in [0, 0.05) is 20.0 Å². The zero-order valence-corrected chi connectivity index (χ0v) is 14.3. The van der Waals surface area contributed by atoms with Gasteiger partial charge in [0.15, 0.2) is 0 Å². The second-order valence-electron chi connectivity index (χ2n) is 5.34. The number of aromatic nitrogens is 3. The summed E-state index contributed by atoms with van der Waals surface area (Å²) in [6.45, 7) is 2.10. The summed E-state index contributed by atoms with van der Waals surface area (Å²) in [5, 5.41) is 13.5. The average molecular weight is 351 g/mol. The van der Waals surface area contributed by atoms with E-state index in [1.165, 1.54) is 11.9 Å². The zero-order valence-electron chi connectivity index (χ0n) is 13.6. The molecule has 1 N–H and O–H groups in total. The molecule has 0 bridgehead atoms. The van der Waals surface area contributed by atoms with Gasteiger partial charge in [0.05, 0.1) is 17.1 Å². The standard InChI is InChI=1S/C16H19ClN4O3/c1-3-6-13-18-15(16(24)20(2)10-9-14(22)23)19-21(13)12-8-5-4-7-11(12)17/h4-5,7-8H,3,6,9-10H2,1-2H3,(H,22,23). The molecule has 0 aliphatic rings. The van der Waals surface area contributed by atoms with Gasteiger partial charge < -0.3 is 10.0 Å². The van der Waals surface area contributed by atoms with Gasteiger partial charge >= 0.3 is 5.97 Å². The Morgan fingerprint density at radius 1 is 1.33 bits per heavy atom. The van der Waals surface area contributed by atoms with Crippen molar-refractivity contribution in [2.24, 2.45) is 0 Å². The van der Waals surface area contributed by atoms with Gasteiger partial charge in [-0.25, -0.2) is 9.67 Å². The Kier molecular flexibility index (Phi) is 5.92. The first kappa shape index (κ1) is 17.9. The van der Waals surface area contributed by atoms with E-state index in [0.717, 1.165) is 6.42 Å². The van der Waals surface area contributed by atoms with Crippen LogP contribution in [-0.4, -0.2) is 50.2 Å². The molecule has 7 nitrogen and oxygen atoms in total. The number of carboxylic acids is 1. The molecule has 0 fully saturated rings. The van der Waals surface area contributed by atoms with Crippen LogP contribution in [0.2, 0.25) is 5.02 Å². The minimum absolute atomic E-state index is 0.0336. The number of hydrogen-bond acceptors (Lipinski definition) is 4. The number of carboxylic acid groups (broad SMARTS) is 1. The highest BCUT2D eigenvalue weighted by atomic mass is 35.5. The first-order valence-electron chi connectivity index (χ1n) is 7.62. The molecule has 0 spiro atoms. The Bertz CT molecular complexity index is 745. The van der Waals surface area contributed by atoms with E-state index in [2.05, 4.69) is 10.1 Å². The van der Waals surface area contributed by atoms with Crippen molar-refractivity contribution in [3.63, 3.8) is 0 Å². The predicted molar refractivity (Wildman–Crippen MR) is 89.6 cm³/mol. The fourth-order valence-electron chi connectivity index (χ4n) is 2.17. The van der Waals surface area contributed by atoms with Gasteiger partial charge in [-0.1, -0.05) is 30.7 Å². The van der Waals surface area contributed by atoms with E-state index in [0.29, 0.717) is 23.0 Å². The van der Waals surface area contributed by atoms with E-state index < -0.39 is 11.9 Å². The van der Waals surface area contributed by atoms with E-state index in [1.807, 2.05) is 19.1 Å². The van der Waals surface area contributed by atoms with Crippen molar-refractivity contribution in [1.82, 2.24) is 19.7 Å². The molecule has 0 radical (unpaired) electrons. The quantitative estimate of drug-likeness (QED) is 0.828. The topological polar surface area (TPSA) is 88.3 Å². The van der Waals surface area contributed by atoms with Crippen LogP contribution in [0.1, 0.15) is 36.2 Å². The first-order chi connectivity index (χ1) is 11.4. The second-order valence-corrected chi connectivity index (χ2v) is 5.74. The number of hydrogen-bond donors (Lipinski definition) is 1. The molecular formula is C16H19ClN4O3. The highest BCUT2D eigenvalue weighted by molar-refractivity contribution is 6.32. The molecule has 0 saturated carbocycles. The number of benzene rings is 1. The van der Waals surface area contributed by atoms with Crippen LogP contribution in [0.25, 0.3) is 5.69 Å². The summed E-state index contributed by atoms with van der Waals surface area (Å²) in [6, 6.07) is 7.19. The van der Waals surface area contributed by atoms with Crippen LogP contribution in [0.4, 0.5) is 0 Å². The molecule has 0 atom stereocenters. The van der Waals surface area contributed by atoms with Crippen molar-refractivity contribution in [3.8, 4) is 5.69 Å². The van der Waals surface area contributed by atoms with Crippen molar-refractivity contribution in [2.45, 2.75) is 26.2 Å². The Hall–Kier alpha value is -2.41. The first-order valence-corrected chi connectivity index (χ1v) is 8.00. The third kappa shape index (κ3) is 4.11. The number of aliphatic carboxylic acids is 1. The van der Waals surface area contributed by atoms with E-state index in [-0.39, 0.29) is 18.8 Å². The molecule has 0 aliphatic heterocycles. The largest absolute Gasteiger partial charge is 0.481 e. The van der Waals surface area contributed by atoms with Crippen LogP contribution in [0.5, 0.6) is 0 Å². The molecule has 2 aromatic rings. The molecule has 1 amide bonds. The van der Waals surface area contributed by atoms with Crippen molar-refractivity contribution in [3.05, 3.63) is 40.9 Å². The predicted octanol–water partition coefficient (Wildman–Crippen LogP) is 2.42. The molecule has 1 aromatic heterocycles. The Balaban J connectivity index is 2.33. The van der Waals surface area contributed by atoms with Crippen molar-refractivity contribution in [2.75, 3.05) is 13.6 Å². The molecule has 24 heavy (non-hydrogen) atoms. The summed E-state index contributed by atoms with van der Waals surface area (Å²) in [5.41, 5.74) is 0.655. The lowest BCUT2D eigenvalue weighted by Gasteiger charge is -2.13. The van der Waals surface area contributed by atoms with Gasteiger partial charge in [-0.15, -0.1) is 5.10 Å². The summed E-state index contributed by atoms with van der Waals surface area (Å²) >= 11 is 6.22. The third-order valence-corrected chi connectivity index (χ3v) is 3.75. The van der Waals surface area contributed by atoms with Gasteiger partial charge in [-0.2, -0.15) is 0 Å². The summed E-state index contributed by atoms with van der Waals surface area (Å²) in [7, 11) is 1.53. The lowest BCUT2D eigenvalue weighted by Crippen LogP contribution is -2.30. The molecule has 1 heterocycles. The summed E-state index contributed by atoms with van der Waals surface area (Å²) in [5.74, 6) is -0.706. The SMILES string of the molecule is CCCc1nc(C(=O)N(C)CCC(=O)O)nn1-c1ccccc1Cl. The fourth-order valence-corrected chi connectivity index (χ4v) is 2.39. The van der Waals surface area contributed by atoms with Gasteiger partial charge in [0.25, 0.3) is 5.91 Å². The summed E-state index contributed by atoms with van der Waals surface area (Å²) < 4.78 is 1.57. The van der Waals surface area contributed by atoms with Crippen LogP contribution in [0.3, 0.4) is 0 Å². The number of nitrogens with zero attached hydrogens (tertiary/aromatic N) is 4. The molecule has 2 rings (SSSR count). The number of carbonyl (C=O) groups excluding carboxylic acids is 1. The molecular weight excluding hydrogens is 332 g/mol. The van der Waals surface area contributed by atoms with Crippen LogP contribution in [0.15, 0.2) is 24.3 Å². The minimum atomic E-state index is -0.962. The average Bonchev–Trinajstić information content (AvgIpc) is 2.96. The lowest BCUT2D eigenvalue weighted by atomic mass is 10.3. The van der Waals surface area contributed by atoms with Gasteiger partial charge in [-0.3, -0.25) is 9.59 Å². The Labute approximate surface area is 144 Å². The van der Waals surface area contributed by atoms with Crippen LogP contribution in [0, 0.1) is 0 Å². The van der Waals surface area contributed by atoms with E-state index in [4.69, 9.17) is 16.7 Å². The molecule has 0 saturated heterocycles. The maximum atomic E-state index is 12.4. The lowest BCUT2D eigenvalue weighted by molar-refractivity contribution is -0.137. The number of carbonyl (C=O) groups is 2. The highest BCUT2D eigenvalue weighted by Gasteiger charge is 2.21. The number of rotatable bonds is 7. The maximum absolute atomic E-state index is 12.4. The summed E-state index contributed by atoms with van der Waals surface area (Å²) in [4.78, 5) is 28.7. The third-order valence-electron chi connectivity index (χ3n) is 3.43. The van der Waals surface area contributed by atoms with Crippen LogP contribution < -0.4 is 0 Å². The minimum Gasteiger partial charge on any atom is -0.481 e. The van der Waals surface area contributed by atoms with Crippen LogP contribution >= 0.6 is 11.6 Å². The molecule has 1 aromatic carbocycles. The number of halogens is 1. The number of amides is 1. The van der Waals surface area contributed by atoms with E-state index in [1.54, 1.807) is 16.8 Å². The Morgan fingerprint density at radius 2 is 2.04 bits per heavy atom. The van der Waals surface area contributed by atoms with Crippen molar-refractivity contribution >= 4 is 23.5 Å². The van der Waals surface area contributed by atoms with E-state index >= 15 is 0 Å². The fraction of sp³-hybridized carbons (Fsp3) is 0.375. The van der Waals surface area contributed by atoms with Gasteiger partial charge in [0.1, 0.15) is 5.82 Å². The van der Waals surface area contributed by atoms with Gasteiger partial charge in [-0.05, 0) is 18.6 Å². The van der Waals surface area contributed by atoms with Crippen molar-refractivity contribution < 1.29 is 14.7 Å². The smallest absolute Gasteiger partial charge is 0.305 e. The molecule has 8 heteroatoms. The monoisotopic (exact) mass is 350 g/mol. The molecule has 0 aliphatic carbocycles. The molecule has 0 unspecified atom stereocenters. The Morgan fingerprint density at radius 3 is 2.67 bits per heavy atom. The number of aryl methyl sites for hydroxylation is 1.